The van der Waals surface area contributed by atoms with Gasteiger partial charge in [-0.3, -0.25) is 9.59 Å². The summed E-state index contributed by atoms with van der Waals surface area (Å²) in [6.45, 7) is 6.50. The summed E-state index contributed by atoms with van der Waals surface area (Å²) in [5.74, 6) is 0.868. The van der Waals surface area contributed by atoms with E-state index in [0.29, 0.717) is 79.4 Å². The van der Waals surface area contributed by atoms with Gasteiger partial charge in [0.05, 0.1) is 31.7 Å². The number of ether oxygens (including phenoxy) is 4. The van der Waals surface area contributed by atoms with Crippen LogP contribution in [0.2, 0.25) is 0 Å². The Morgan fingerprint density at radius 1 is 1.07 bits per heavy atom. The molecule has 1 fully saturated rings. The number of nitrogens with zero attached hydrogens (tertiary/aromatic N) is 3. The molecule has 0 bridgehead atoms. The number of rotatable bonds is 11. The maximum Gasteiger partial charge on any atom is 0.295 e. The predicted octanol–water partition coefficient (Wildman–Crippen LogP) is 4.60. The second-order valence-electron chi connectivity index (χ2n) is 10.4. The molecule has 10 nitrogen and oxygen atoms in total. The van der Waals surface area contributed by atoms with Crippen LogP contribution in [0.25, 0.3) is 5.76 Å². The monoisotopic (exact) mass is 561 g/mol. The molecule has 1 unspecified atom stereocenters. The SMILES string of the molecule is COc1cc(C2C(=C(O)c3ccc4c(c3)OCCO4)C(=O)C(=O)N2CCCn2ccnc2)ccc1OCCC(C)C. The average Bonchev–Trinajstić information content (AvgIpc) is 3.59. The van der Waals surface area contributed by atoms with Gasteiger partial charge < -0.3 is 33.5 Å². The molecular weight excluding hydrogens is 526 g/mol. The molecule has 0 saturated carbocycles. The summed E-state index contributed by atoms with van der Waals surface area (Å²) in [7, 11) is 1.55. The van der Waals surface area contributed by atoms with Gasteiger partial charge >= 0.3 is 0 Å². The Kier molecular flexibility index (Phi) is 8.47. The summed E-state index contributed by atoms with van der Waals surface area (Å²) in [4.78, 5) is 32.5. The Morgan fingerprint density at radius 2 is 1.88 bits per heavy atom. The number of amides is 1. The standard InChI is InChI=1S/C31H35N3O7/c1-20(2)9-14-39-23-7-5-21(17-25(23)38-3)28-27(29(35)22-6-8-24-26(18-22)41-16-15-40-24)30(36)31(37)34(28)12-4-11-33-13-10-32-19-33/h5-8,10,13,17-20,28,35H,4,9,11-12,14-16H2,1-3H3. The molecule has 5 rings (SSSR count). The quantitative estimate of drug-likeness (QED) is 0.205. The van der Waals surface area contributed by atoms with Gasteiger partial charge in [-0.05, 0) is 54.7 Å². The van der Waals surface area contributed by atoms with Crippen LogP contribution in [0.4, 0.5) is 0 Å². The lowest BCUT2D eigenvalue weighted by atomic mass is 9.94. The fourth-order valence-corrected chi connectivity index (χ4v) is 5.02. The lowest BCUT2D eigenvalue weighted by Gasteiger charge is -2.26. The van der Waals surface area contributed by atoms with Gasteiger partial charge in [0, 0.05) is 31.0 Å². The second-order valence-corrected chi connectivity index (χ2v) is 10.4. The van der Waals surface area contributed by atoms with Crippen molar-refractivity contribution >= 4 is 17.4 Å². The normalized spacial score (nSPS) is 17.8. The van der Waals surface area contributed by atoms with Gasteiger partial charge in [0.15, 0.2) is 23.0 Å². The number of methoxy groups -OCH3 is 1. The Balaban J connectivity index is 1.52. The van der Waals surface area contributed by atoms with Gasteiger partial charge in [-0.15, -0.1) is 0 Å². The highest BCUT2D eigenvalue weighted by molar-refractivity contribution is 6.46. The summed E-state index contributed by atoms with van der Waals surface area (Å²) in [5.41, 5.74) is 0.986. The summed E-state index contributed by atoms with van der Waals surface area (Å²) < 4.78 is 24.8. The predicted molar refractivity (Wildman–Crippen MR) is 151 cm³/mol. The first kappa shape index (κ1) is 28.1. The smallest absolute Gasteiger partial charge is 0.295 e. The van der Waals surface area contributed by atoms with Crippen LogP contribution in [0, 0.1) is 5.92 Å². The highest BCUT2D eigenvalue weighted by Gasteiger charge is 2.46. The molecule has 216 valence electrons. The van der Waals surface area contributed by atoms with Crippen molar-refractivity contribution in [2.45, 2.75) is 39.3 Å². The first-order chi connectivity index (χ1) is 19.9. The van der Waals surface area contributed by atoms with E-state index in [2.05, 4.69) is 18.8 Å². The largest absolute Gasteiger partial charge is 0.507 e. The topological polar surface area (TPSA) is 112 Å². The zero-order valence-corrected chi connectivity index (χ0v) is 23.5. The Labute approximate surface area is 239 Å². The van der Waals surface area contributed by atoms with Crippen molar-refractivity contribution in [1.82, 2.24) is 14.5 Å². The van der Waals surface area contributed by atoms with Crippen molar-refractivity contribution in [3.8, 4) is 23.0 Å². The van der Waals surface area contributed by atoms with Crippen LogP contribution in [0.1, 0.15) is 43.9 Å². The molecule has 0 aliphatic carbocycles. The van der Waals surface area contributed by atoms with E-state index in [1.165, 1.54) is 4.90 Å². The first-order valence-electron chi connectivity index (χ1n) is 13.8. The van der Waals surface area contributed by atoms with Crippen molar-refractivity contribution in [2.75, 3.05) is 33.5 Å². The van der Waals surface area contributed by atoms with Crippen LogP contribution in [-0.4, -0.2) is 64.7 Å². The molecular formula is C31H35N3O7. The minimum absolute atomic E-state index is 0.00448. The fraction of sp³-hybridized carbons (Fsp3) is 0.387. The Morgan fingerprint density at radius 3 is 2.61 bits per heavy atom. The number of hydrogen-bond acceptors (Lipinski definition) is 8. The van der Waals surface area contributed by atoms with Gasteiger partial charge in [-0.25, -0.2) is 4.98 Å². The number of aromatic nitrogens is 2. The highest BCUT2D eigenvalue weighted by Crippen LogP contribution is 2.43. The molecule has 1 saturated heterocycles. The fourth-order valence-electron chi connectivity index (χ4n) is 5.02. The molecule has 2 aromatic carbocycles. The van der Waals surface area contributed by atoms with Gasteiger partial charge in [0.25, 0.3) is 11.7 Å². The van der Waals surface area contributed by atoms with Crippen LogP contribution >= 0.6 is 0 Å². The van der Waals surface area contributed by atoms with E-state index in [9.17, 15) is 14.7 Å². The van der Waals surface area contributed by atoms with Gasteiger partial charge in [0.2, 0.25) is 0 Å². The maximum atomic E-state index is 13.5. The molecule has 2 aliphatic rings. The molecule has 10 heteroatoms. The molecule has 1 amide bonds. The molecule has 0 spiro atoms. The third-order valence-corrected chi connectivity index (χ3v) is 7.19. The molecule has 1 atom stereocenters. The molecule has 1 aromatic heterocycles. The number of hydrogen-bond donors (Lipinski definition) is 1. The van der Waals surface area contributed by atoms with E-state index in [-0.39, 0.29) is 11.3 Å². The molecule has 3 heterocycles. The summed E-state index contributed by atoms with van der Waals surface area (Å²) in [6, 6.07) is 9.49. The van der Waals surface area contributed by atoms with Gasteiger partial charge in [-0.1, -0.05) is 19.9 Å². The number of aryl methyl sites for hydroxylation is 1. The highest BCUT2D eigenvalue weighted by atomic mass is 16.6. The summed E-state index contributed by atoms with van der Waals surface area (Å²) in [6.07, 6.45) is 6.71. The molecule has 0 radical (unpaired) electrons. The van der Waals surface area contributed by atoms with Gasteiger partial charge in [0.1, 0.15) is 19.0 Å². The third-order valence-electron chi connectivity index (χ3n) is 7.19. The zero-order chi connectivity index (χ0) is 28.9. The summed E-state index contributed by atoms with van der Waals surface area (Å²) in [5, 5.41) is 11.5. The molecule has 3 aromatic rings. The van der Waals surface area contributed by atoms with E-state index < -0.39 is 17.7 Å². The average molecular weight is 562 g/mol. The van der Waals surface area contributed by atoms with Crippen LogP contribution in [0.3, 0.4) is 0 Å². The third kappa shape index (κ3) is 6.01. The number of aliphatic hydroxyl groups excluding tert-OH is 1. The van der Waals surface area contributed by atoms with E-state index in [0.717, 1.165) is 6.42 Å². The number of ketones is 1. The number of Topliss-reactive ketones (excluding diaryl/α,β-unsaturated/α-hetero) is 1. The maximum absolute atomic E-state index is 13.5. The molecule has 1 N–H and O–H groups in total. The van der Waals surface area contributed by atoms with Crippen LogP contribution in [0.15, 0.2) is 60.7 Å². The lowest BCUT2D eigenvalue weighted by molar-refractivity contribution is -0.139. The van der Waals surface area contributed by atoms with Crippen molar-refractivity contribution in [3.63, 3.8) is 0 Å². The number of carbonyl (C=O) groups is 2. The molecule has 2 aliphatic heterocycles. The minimum atomic E-state index is -0.829. The number of carbonyl (C=O) groups excluding carboxylic acids is 2. The second kappa shape index (κ2) is 12.4. The number of fused-ring (bicyclic) bond motifs is 1. The Bertz CT molecular complexity index is 1430. The van der Waals surface area contributed by atoms with E-state index >= 15 is 0 Å². The van der Waals surface area contributed by atoms with E-state index in [4.69, 9.17) is 18.9 Å². The van der Waals surface area contributed by atoms with Crippen molar-refractivity contribution in [1.29, 1.82) is 0 Å². The Hall–Kier alpha value is -4.47. The van der Waals surface area contributed by atoms with E-state index in [1.54, 1.807) is 50.0 Å². The number of aliphatic hydroxyl groups is 1. The van der Waals surface area contributed by atoms with Crippen LogP contribution < -0.4 is 18.9 Å². The van der Waals surface area contributed by atoms with Crippen LogP contribution in [0.5, 0.6) is 23.0 Å². The number of imidazole rings is 1. The zero-order valence-electron chi connectivity index (χ0n) is 23.5. The van der Waals surface area contributed by atoms with Crippen molar-refractivity contribution in [3.05, 3.63) is 71.8 Å². The lowest BCUT2D eigenvalue weighted by Crippen LogP contribution is -2.31. The van der Waals surface area contributed by atoms with Gasteiger partial charge in [-0.2, -0.15) is 0 Å². The summed E-state index contributed by atoms with van der Waals surface area (Å²) >= 11 is 0. The minimum Gasteiger partial charge on any atom is -0.507 e. The number of likely N-dealkylation sites (tertiary alicyclic amines) is 1. The van der Waals surface area contributed by atoms with Crippen LogP contribution in [-0.2, 0) is 16.1 Å². The number of benzene rings is 2. The van der Waals surface area contributed by atoms with E-state index in [1.807, 2.05) is 16.8 Å². The molecule has 41 heavy (non-hydrogen) atoms. The first-order valence-corrected chi connectivity index (χ1v) is 13.8. The van der Waals surface area contributed by atoms with Crippen molar-refractivity contribution < 1.29 is 33.6 Å². The van der Waals surface area contributed by atoms with Crippen molar-refractivity contribution in [2.24, 2.45) is 5.92 Å².